The van der Waals surface area contributed by atoms with Crippen molar-refractivity contribution in [1.29, 1.82) is 0 Å². The van der Waals surface area contributed by atoms with Crippen molar-refractivity contribution < 1.29 is 24.4 Å². The van der Waals surface area contributed by atoms with Gasteiger partial charge in [-0.2, -0.15) is 0 Å². The van der Waals surface area contributed by atoms with E-state index in [9.17, 15) is 10.2 Å². The summed E-state index contributed by atoms with van der Waals surface area (Å²) in [5.74, 6) is 0.831. The first kappa shape index (κ1) is 27.3. The van der Waals surface area contributed by atoms with Crippen molar-refractivity contribution in [1.82, 2.24) is 0 Å². The average Bonchev–Trinajstić information content (AvgIpc) is 2.77. The maximum Gasteiger partial charge on any atom is 0.211 e. The van der Waals surface area contributed by atoms with E-state index in [0.717, 1.165) is 51.4 Å². The molecule has 0 bridgehead atoms. The Morgan fingerprint density at radius 2 is 0.935 bits per heavy atom. The largest absolute Gasteiger partial charge is 0.504 e. The van der Waals surface area contributed by atoms with E-state index in [1.165, 1.54) is 25.7 Å². The van der Waals surface area contributed by atoms with E-state index >= 15 is 0 Å². The summed E-state index contributed by atoms with van der Waals surface area (Å²) in [5.41, 5.74) is 0.637. The molecule has 1 aromatic rings. The van der Waals surface area contributed by atoms with Gasteiger partial charge in [-0.15, -0.1) is 0 Å². The van der Waals surface area contributed by atoms with Crippen molar-refractivity contribution in [3.8, 4) is 28.7 Å². The van der Waals surface area contributed by atoms with Gasteiger partial charge in [-0.3, -0.25) is 0 Å². The number of rotatable bonds is 19. The number of hydrogen-bond acceptors (Lipinski definition) is 5. The fourth-order valence-electron chi connectivity index (χ4n) is 3.39. The van der Waals surface area contributed by atoms with Crippen LogP contribution in [-0.2, 0) is 6.42 Å². The van der Waals surface area contributed by atoms with Crippen LogP contribution in [0.5, 0.6) is 28.7 Å². The zero-order valence-corrected chi connectivity index (χ0v) is 20.4. The van der Waals surface area contributed by atoms with Gasteiger partial charge in [0.05, 0.1) is 19.8 Å². The molecular formula is C26H46O5. The second-order valence-electron chi connectivity index (χ2n) is 8.29. The predicted molar refractivity (Wildman–Crippen MR) is 128 cm³/mol. The smallest absolute Gasteiger partial charge is 0.211 e. The lowest BCUT2D eigenvalue weighted by Gasteiger charge is -2.22. The average molecular weight is 439 g/mol. The van der Waals surface area contributed by atoms with Gasteiger partial charge in [0.25, 0.3) is 0 Å². The summed E-state index contributed by atoms with van der Waals surface area (Å²) in [6.07, 6.45) is 13.3. The normalized spacial score (nSPS) is 11.0. The van der Waals surface area contributed by atoms with Crippen LogP contribution in [-0.4, -0.2) is 30.0 Å². The van der Waals surface area contributed by atoms with Gasteiger partial charge in [-0.05, 0) is 32.1 Å². The summed E-state index contributed by atoms with van der Waals surface area (Å²) >= 11 is 0. The van der Waals surface area contributed by atoms with Crippen LogP contribution in [0.3, 0.4) is 0 Å². The standard InChI is InChI=1S/C26H46O5/c1-5-9-13-14-15-16-17-21-22(27)23(28)25(30-19-11-7-3)26(31-20-12-8-4)24(21)29-18-10-6-2/h27-28H,5-20H2,1-4H3. The lowest BCUT2D eigenvalue weighted by Crippen LogP contribution is -2.08. The van der Waals surface area contributed by atoms with Gasteiger partial charge in [0.15, 0.2) is 11.5 Å². The number of phenolic OH excluding ortho intramolecular Hbond substituents is 2. The van der Waals surface area contributed by atoms with Crippen molar-refractivity contribution in [2.24, 2.45) is 0 Å². The topological polar surface area (TPSA) is 68.2 Å². The quantitative estimate of drug-likeness (QED) is 0.172. The molecule has 0 unspecified atom stereocenters. The maximum absolute atomic E-state index is 10.8. The van der Waals surface area contributed by atoms with Gasteiger partial charge in [-0.1, -0.05) is 79.1 Å². The van der Waals surface area contributed by atoms with Crippen LogP contribution in [0.25, 0.3) is 0 Å². The van der Waals surface area contributed by atoms with E-state index in [0.29, 0.717) is 43.3 Å². The van der Waals surface area contributed by atoms with E-state index < -0.39 is 0 Å². The molecule has 0 aliphatic carbocycles. The first-order chi connectivity index (χ1) is 15.1. The molecule has 0 heterocycles. The molecule has 31 heavy (non-hydrogen) atoms. The van der Waals surface area contributed by atoms with Crippen LogP contribution in [0.15, 0.2) is 0 Å². The summed E-state index contributed by atoms with van der Waals surface area (Å²) in [4.78, 5) is 0. The molecule has 0 saturated heterocycles. The lowest BCUT2D eigenvalue weighted by atomic mass is 10.0. The summed E-state index contributed by atoms with van der Waals surface area (Å²) in [6, 6.07) is 0. The molecule has 0 spiro atoms. The summed E-state index contributed by atoms with van der Waals surface area (Å²) < 4.78 is 18.1. The van der Waals surface area contributed by atoms with Crippen molar-refractivity contribution in [2.75, 3.05) is 19.8 Å². The minimum absolute atomic E-state index is 0.130. The number of unbranched alkanes of at least 4 members (excludes halogenated alkanes) is 8. The fraction of sp³-hybridized carbons (Fsp3) is 0.769. The molecule has 5 nitrogen and oxygen atoms in total. The van der Waals surface area contributed by atoms with Crippen molar-refractivity contribution in [3.05, 3.63) is 5.56 Å². The van der Waals surface area contributed by atoms with Crippen LogP contribution in [0, 0.1) is 0 Å². The minimum Gasteiger partial charge on any atom is -0.504 e. The first-order valence-electron chi connectivity index (χ1n) is 12.6. The van der Waals surface area contributed by atoms with Gasteiger partial charge in [0.2, 0.25) is 17.2 Å². The summed E-state index contributed by atoms with van der Waals surface area (Å²) in [5, 5.41) is 21.6. The van der Waals surface area contributed by atoms with Gasteiger partial charge >= 0.3 is 0 Å². The molecule has 0 fully saturated rings. The van der Waals surface area contributed by atoms with Crippen LogP contribution >= 0.6 is 0 Å². The Labute approximate surface area is 190 Å². The minimum atomic E-state index is -0.230. The van der Waals surface area contributed by atoms with Gasteiger partial charge in [0, 0.05) is 5.56 Å². The van der Waals surface area contributed by atoms with Crippen LogP contribution in [0.2, 0.25) is 0 Å². The molecule has 2 N–H and O–H groups in total. The number of hydrogen-bond donors (Lipinski definition) is 2. The molecule has 1 aromatic carbocycles. The van der Waals surface area contributed by atoms with E-state index in [1.807, 2.05) is 0 Å². The Bertz CT molecular complexity index is 600. The lowest BCUT2D eigenvalue weighted by molar-refractivity contribution is 0.225. The van der Waals surface area contributed by atoms with Crippen molar-refractivity contribution in [2.45, 2.75) is 111 Å². The Morgan fingerprint density at radius 1 is 0.484 bits per heavy atom. The third-order valence-corrected chi connectivity index (χ3v) is 5.42. The van der Waals surface area contributed by atoms with E-state index in [1.54, 1.807) is 0 Å². The van der Waals surface area contributed by atoms with Crippen molar-refractivity contribution >= 4 is 0 Å². The Morgan fingerprint density at radius 3 is 1.48 bits per heavy atom. The third kappa shape index (κ3) is 9.49. The summed E-state index contributed by atoms with van der Waals surface area (Å²) in [6.45, 7) is 10.0. The molecule has 0 amide bonds. The molecule has 0 atom stereocenters. The Hall–Kier alpha value is -1.78. The molecule has 0 aliphatic rings. The highest BCUT2D eigenvalue weighted by atomic mass is 16.5. The highest BCUT2D eigenvalue weighted by Crippen LogP contribution is 2.53. The zero-order valence-electron chi connectivity index (χ0n) is 20.4. The van der Waals surface area contributed by atoms with E-state index in [2.05, 4.69) is 27.7 Å². The van der Waals surface area contributed by atoms with Gasteiger partial charge in [0.1, 0.15) is 0 Å². The molecule has 0 radical (unpaired) electrons. The fourth-order valence-corrected chi connectivity index (χ4v) is 3.39. The number of ether oxygens (including phenoxy) is 3. The highest BCUT2D eigenvalue weighted by molar-refractivity contribution is 5.69. The molecule has 5 heteroatoms. The second kappa shape index (κ2) is 16.9. The number of benzene rings is 1. The molecule has 1 rings (SSSR count). The predicted octanol–water partition coefficient (Wildman–Crippen LogP) is 7.54. The van der Waals surface area contributed by atoms with Crippen LogP contribution in [0.1, 0.15) is 110 Å². The number of phenols is 2. The Kier molecular flexibility index (Phi) is 14.8. The molecule has 0 aromatic heterocycles. The highest BCUT2D eigenvalue weighted by Gasteiger charge is 2.27. The summed E-state index contributed by atoms with van der Waals surface area (Å²) in [7, 11) is 0. The molecule has 180 valence electrons. The molecular weight excluding hydrogens is 392 g/mol. The van der Waals surface area contributed by atoms with E-state index in [4.69, 9.17) is 14.2 Å². The van der Waals surface area contributed by atoms with E-state index in [-0.39, 0.29) is 17.2 Å². The van der Waals surface area contributed by atoms with Gasteiger partial charge in [-0.25, -0.2) is 0 Å². The number of aromatic hydroxyl groups is 2. The van der Waals surface area contributed by atoms with Crippen molar-refractivity contribution in [3.63, 3.8) is 0 Å². The second-order valence-corrected chi connectivity index (χ2v) is 8.29. The SMILES string of the molecule is CCCCCCCCc1c(O)c(O)c(OCCCC)c(OCCCC)c1OCCCC. The monoisotopic (exact) mass is 438 g/mol. The third-order valence-electron chi connectivity index (χ3n) is 5.42. The maximum atomic E-state index is 10.8. The molecule has 0 saturated carbocycles. The molecule has 0 aliphatic heterocycles. The van der Waals surface area contributed by atoms with Crippen LogP contribution in [0.4, 0.5) is 0 Å². The Balaban J connectivity index is 3.20. The van der Waals surface area contributed by atoms with Gasteiger partial charge < -0.3 is 24.4 Å². The zero-order chi connectivity index (χ0) is 22.9. The van der Waals surface area contributed by atoms with Crippen LogP contribution < -0.4 is 14.2 Å². The first-order valence-corrected chi connectivity index (χ1v) is 12.6.